The van der Waals surface area contributed by atoms with Crippen molar-refractivity contribution in [2.24, 2.45) is 0 Å². The highest BCUT2D eigenvalue weighted by molar-refractivity contribution is 5.92. The molecule has 2 N–H and O–H groups in total. The van der Waals surface area contributed by atoms with Gasteiger partial charge in [0.25, 0.3) is 11.5 Å². The Balaban J connectivity index is 1.44. The maximum Gasteiger partial charge on any atom is 0.273 e. The van der Waals surface area contributed by atoms with E-state index >= 15 is 0 Å². The predicted octanol–water partition coefficient (Wildman–Crippen LogP) is 1.85. The average molecular weight is 422 g/mol. The van der Waals surface area contributed by atoms with E-state index in [-0.39, 0.29) is 23.8 Å². The van der Waals surface area contributed by atoms with E-state index in [1.54, 1.807) is 27.7 Å². The smallest absolute Gasteiger partial charge is 0.273 e. The van der Waals surface area contributed by atoms with Gasteiger partial charge in [-0.15, -0.1) is 5.10 Å². The molecule has 2 heterocycles. The fourth-order valence-electron chi connectivity index (χ4n) is 3.08. The highest BCUT2D eigenvalue weighted by atomic mass is 16.2. The lowest BCUT2D eigenvalue weighted by Crippen LogP contribution is -2.22. The summed E-state index contributed by atoms with van der Waals surface area (Å²) >= 11 is 0. The van der Waals surface area contributed by atoms with Gasteiger partial charge in [0.2, 0.25) is 5.91 Å². The molecule has 0 unspecified atom stereocenters. The van der Waals surface area contributed by atoms with E-state index in [0.717, 1.165) is 18.4 Å². The first-order chi connectivity index (χ1) is 15.0. The van der Waals surface area contributed by atoms with Gasteiger partial charge in [-0.25, -0.2) is 0 Å². The molecule has 31 heavy (non-hydrogen) atoms. The summed E-state index contributed by atoms with van der Waals surface area (Å²) in [6, 6.07) is 12.6. The topological polar surface area (TPSA) is 111 Å². The van der Waals surface area contributed by atoms with Crippen LogP contribution in [0.4, 0.5) is 5.69 Å². The molecule has 0 aliphatic heterocycles. The van der Waals surface area contributed by atoms with Crippen LogP contribution in [0.2, 0.25) is 0 Å². The molecule has 0 atom stereocenters. The van der Waals surface area contributed by atoms with E-state index < -0.39 is 0 Å². The molecule has 2 amide bonds. The molecular formula is C22H26N6O3. The first-order valence-corrected chi connectivity index (χ1v) is 10.3. The minimum absolute atomic E-state index is 0.164. The molecule has 9 nitrogen and oxygen atoms in total. The van der Waals surface area contributed by atoms with Crippen LogP contribution in [0.15, 0.2) is 59.7 Å². The Labute approximate surface area is 180 Å². The van der Waals surface area contributed by atoms with Gasteiger partial charge in [-0.1, -0.05) is 35.5 Å². The lowest BCUT2D eigenvalue weighted by molar-refractivity contribution is -0.115. The summed E-state index contributed by atoms with van der Waals surface area (Å²) in [4.78, 5) is 36.2. The van der Waals surface area contributed by atoms with Crippen molar-refractivity contribution in [1.82, 2.24) is 24.9 Å². The van der Waals surface area contributed by atoms with E-state index in [4.69, 9.17) is 0 Å². The van der Waals surface area contributed by atoms with Gasteiger partial charge in [0.15, 0.2) is 5.69 Å². The van der Waals surface area contributed by atoms with Crippen LogP contribution in [-0.2, 0) is 24.3 Å². The molecule has 0 bridgehead atoms. The summed E-state index contributed by atoms with van der Waals surface area (Å²) in [5.41, 5.74) is 1.53. The van der Waals surface area contributed by atoms with E-state index in [1.165, 1.54) is 6.07 Å². The number of anilines is 1. The van der Waals surface area contributed by atoms with Gasteiger partial charge in [-0.3, -0.25) is 19.1 Å². The molecule has 0 spiro atoms. The van der Waals surface area contributed by atoms with Crippen LogP contribution in [0.5, 0.6) is 0 Å². The first kappa shape index (κ1) is 21.9. The standard InChI is InChI=1S/C22H26N6O3/c1-2-23-22(31)19-16-28(26-25-19)12-7-6-11-27-13-10-18(15-21(27)30)24-20(29)14-17-8-4-3-5-9-17/h3-5,8-10,13,15-16H,2,6-7,11-12,14H2,1H3,(H,23,31)(H,24,29). The van der Waals surface area contributed by atoms with Crippen molar-refractivity contribution in [3.63, 3.8) is 0 Å². The summed E-state index contributed by atoms with van der Waals surface area (Å²) in [7, 11) is 0. The summed E-state index contributed by atoms with van der Waals surface area (Å²) in [5, 5.41) is 13.2. The van der Waals surface area contributed by atoms with Crippen molar-refractivity contribution >= 4 is 17.5 Å². The Morgan fingerprint density at radius 1 is 1.06 bits per heavy atom. The zero-order valence-electron chi connectivity index (χ0n) is 17.5. The Morgan fingerprint density at radius 2 is 1.84 bits per heavy atom. The molecule has 162 valence electrons. The monoisotopic (exact) mass is 422 g/mol. The highest BCUT2D eigenvalue weighted by Gasteiger charge is 2.09. The maximum atomic E-state index is 12.3. The Morgan fingerprint density at radius 3 is 2.58 bits per heavy atom. The van der Waals surface area contributed by atoms with Gasteiger partial charge in [0.1, 0.15) is 0 Å². The Hall–Kier alpha value is -3.75. The van der Waals surface area contributed by atoms with Gasteiger partial charge < -0.3 is 15.2 Å². The summed E-state index contributed by atoms with van der Waals surface area (Å²) in [5.74, 6) is -0.403. The van der Waals surface area contributed by atoms with Crippen LogP contribution in [0, 0.1) is 0 Å². The van der Waals surface area contributed by atoms with Crippen LogP contribution in [0.25, 0.3) is 0 Å². The SMILES string of the molecule is CCNC(=O)c1cn(CCCCn2ccc(NC(=O)Cc3ccccc3)cc2=O)nn1. The number of benzene rings is 1. The number of hydrogen-bond acceptors (Lipinski definition) is 5. The third kappa shape index (κ3) is 6.63. The third-order valence-electron chi connectivity index (χ3n) is 4.63. The zero-order valence-corrected chi connectivity index (χ0v) is 17.5. The average Bonchev–Trinajstić information content (AvgIpc) is 3.22. The molecular weight excluding hydrogens is 396 g/mol. The number of unbranched alkanes of at least 4 members (excludes halogenated alkanes) is 1. The van der Waals surface area contributed by atoms with Crippen molar-refractivity contribution in [1.29, 1.82) is 0 Å². The fraction of sp³-hybridized carbons (Fsp3) is 0.318. The summed E-state index contributed by atoms with van der Waals surface area (Å²) in [6.45, 7) is 3.54. The number of aromatic nitrogens is 4. The molecule has 0 radical (unpaired) electrons. The predicted molar refractivity (Wildman–Crippen MR) is 117 cm³/mol. The largest absolute Gasteiger partial charge is 0.351 e. The number of carbonyl (C=O) groups excluding carboxylic acids is 2. The molecule has 0 saturated carbocycles. The molecule has 2 aromatic heterocycles. The van der Waals surface area contributed by atoms with E-state index in [9.17, 15) is 14.4 Å². The lowest BCUT2D eigenvalue weighted by Gasteiger charge is -2.09. The van der Waals surface area contributed by atoms with Crippen molar-refractivity contribution in [3.8, 4) is 0 Å². The second-order valence-corrected chi connectivity index (χ2v) is 7.09. The van der Waals surface area contributed by atoms with Gasteiger partial charge in [0, 0.05) is 37.6 Å². The number of rotatable bonds is 10. The molecule has 0 fully saturated rings. The van der Waals surface area contributed by atoms with Crippen LogP contribution in [0.3, 0.4) is 0 Å². The van der Waals surface area contributed by atoms with Crippen molar-refractivity contribution in [2.45, 2.75) is 39.3 Å². The van der Waals surface area contributed by atoms with Crippen molar-refractivity contribution < 1.29 is 9.59 Å². The van der Waals surface area contributed by atoms with E-state index in [1.807, 2.05) is 37.3 Å². The Bertz CT molecular complexity index is 1070. The van der Waals surface area contributed by atoms with Gasteiger partial charge in [-0.05, 0) is 31.4 Å². The molecule has 3 rings (SSSR count). The minimum Gasteiger partial charge on any atom is -0.351 e. The minimum atomic E-state index is -0.240. The number of amides is 2. The van der Waals surface area contributed by atoms with Crippen molar-refractivity contribution in [3.05, 3.63) is 76.5 Å². The van der Waals surface area contributed by atoms with Crippen molar-refractivity contribution in [2.75, 3.05) is 11.9 Å². The van der Waals surface area contributed by atoms with Gasteiger partial charge >= 0.3 is 0 Å². The van der Waals surface area contributed by atoms with Crippen LogP contribution in [0.1, 0.15) is 35.8 Å². The number of nitrogens with one attached hydrogen (secondary N) is 2. The molecule has 1 aromatic carbocycles. The number of nitrogens with zero attached hydrogens (tertiary/aromatic N) is 4. The van der Waals surface area contributed by atoms with E-state index in [2.05, 4.69) is 20.9 Å². The highest BCUT2D eigenvalue weighted by Crippen LogP contribution is 2.06. The maximum absolute atomic E-state index is 12.3. The number of aryl methyl sites for hydroxylation is 2. The number of pyridine rings is 1. The van der Waals surface area contributed by atoms with Crippen LogP contribution >= 0.6 is 0 Å². The molecule has 0 aliphatic carbocycles. The fourth-order valence-corrected chi connectivity index (χ4v) is 3.08. The Kier molecular flexibility index (Phi) is 7.69. The normalized spacial score (nSPS) is 10.6. The molecule has 9 heteroatoms. The van der Waals surface area contributed by atoms with Gasteiger partial charge in [-0.2, -0.15) is 0 Å². The van der Waals surface area contributed by atoms with Gasteiger partial charge in [0.05, 0.1) is 12.6 Å². The molecule has 3 aromatic rings. The second kappa shape index (κ2) is 10.9. The first-order valence-electron chi connectivity index (χ1n) is 10.3. The third-order valence-corrected chi connectivity index (χ3v) is 4.63. The molecule has 0 aliphatic rings. The zero-order chi connectivity index (χ0) is 22.1. The van der Waals surface area contributed by atoms with Crippen LogP contribution in [-0.4, -0.2) is 37.9 Å². The summed E-state index contributed by atoms with van der Waals surface area (Å²) < 4.78 is 3.23. The molecule has 0 saturated heterocycles. The quantitative estimate of drug-likeness (QED) is 0.485. The number of hydrogen-bond donors (Lipinski definition) is 2. The number of carbonyl (C=O) groups is 2. The second-order valence-electron chi connectivity index (χ2n) is 7.09. The van der Waals surface area contributed by atoms with E-state index in [0.29, 0.717) is 31.0 Å². The summed E-state index contributed by atoms with van der Waals surface area (Å²) in [6.07, 6.45) is 5.09. The lowest BCUT2D eigenvalue weighted by atomic mass is 10.1. The van der Waals surface area contributed by atoms with Crippen LogP contribution < -0.4 is 16.2 Å².